The van der Waals surface area contributed by atoms with Crippen LogP contribution in [0.2, 0.25) is 0 Å². The quantitative estimate of drug-likeness (QED) is 0.909. The maximum atomic E-state index is 13.2. The number of phenols is 1. The zero-order valence-corrected chi connectivity index (χ0v) is 10.9. The molecule has 0 amide bonds. The number of benzene rings is 2. The molecule has 2 aromatic carbocycles. The van der Waals surface area contributed by atoms with Crippen molar-refractivity contribution in [2.75, 3.05) is 6.54 Å². The van der Waals surface area contributed by atoms with Crippen molar-refractivity contribution in [1.82, 2.24) is 4.90 Å². The number of hydrogen-bond donors (Lipinski definition) is 1. The van der Waals surface area contributed by atoms with Crippen molar-refractivity contribution in [3.05, 3.63) is 64.7 Å². The van der Waals surface area contributed by atoms with Gasteiger partial charge < -0.3 is 5.11 Å². The Morgan fingerprint density at radius 1 is 1.10 bits per heavy atom. The van der Waals surface area contributed by atoms with Gasteiger partial charge in [-0.05, 0) is 35.7 Å². The second-order valence-corrected chi connectivity index (χ2v) is 5.15. The summed E-state index contributed by atoms with van der Waals surface area (Å²) in [7, 11) is 0. The molecule has 0 saturated heterocycles. The molecule has 3 rings (SSSR count). The van der Waals surface area contributed by atoms with Crippen molar-refractivity contribution >= 4 is 0 Å². The van der Waals surface area contributed by atoms with Crippen LogP contribution in [0.3, 0.4) is 0 Å². The molecule has 0 spiro atoms. The van der Waals surface area contributed by atoms with Crippen LogP contribution in [0.1, 0.15) is 16.7 Å². The Morgan fingerprint density at radius 2 is 1.85 bits per heavy atom. The van der Waals surface area contributed by atoms with Gasteiger partial charge in [0.2, 0.25) is 0 Å². The second kappa shape index (κ2) is 5.21. The molecule has 2 nitrogen and oxygen atoms in total. The Hall–Kier alpha value is -1.94. The Kier molecular flexibility index (Phi) is 3.40. The molecule has 104 valence electrons. The van der Waals surface area contributed by atoms with Gasteiger partial charge in [-0.1, -0.05) is 12.1 Å². The maximum Gasteiger partial charge on any atom is 0.126 e. The van der Waals surface area contributed by atoms with Gasteiger partial charge in [0, 0.05) is 31.3 Å². The van der Waals surface area contributed by atoms with Crippen LogP contribution in [0, 0.1) is 11.6 Å². The number of aromatic hydroxyl groups is 1. The zero-order valence-electron chi connectivity index (χ0n) is 10.9. The number of halogens is 2. The van der Waals surface area contributed by atoms with Gasteiger partial charge >= 0.3 is 0 Å². The third-order valence-corrected chi connectivity index (χ3v) is 3.66. The highest BCUT2D eigenvalue weighted by atomic mass is 19.1. The van der Waals surface area contributed by atoms with Crippen LogP contribution in [-0.2, 0) is 19.5 Å². The number of hydrogen-bond acceptors (Lipinski definition) is 2. The molecule has 0 aliphatic carbocycles. The van der Waals surface area contributed by atoms with E-state index in [1.54, 1.807) is 6.07 Å². The van der Waals surface area contributed by atoms with Crippen molar-refractivity contribution < 1.29 is 13.9 Å². The molecule has 0 radical (unpaired) electrons. The van der Waals surface area contributed by atoms with Crippen molar-refractivity contribution in [2.24, 2.45) is 0 Å². The van der Waals surface area contributed by atoms with E-state index < -0.39 is 11.6 Å². The third kappa shape index (κ3) is 2.65. The minimum Gasteiger partial charge on any atom is -0.508 e. The Bertz CT molecular complexity index is 622. The van der Waals surface area contributed by atoms with Crippen molar-refractivity contribution in [2.45, 2.75) is 19.5 Å². The summed E-state index contributed by atoms with van der Waals surface area (Å²) in [6.45, 7) is 1.89. The highest BCUT2D eigenvalue weighted by Crippen LogP contribution is 2.27. The SMILES string of the molecule is Oc1cccc2c1CN(Cc1cc(F)cc(F)c1)CC2. The van der Waals surface area contributed by atoms with Crippen LogP contribution in [0.4, 0.5) is 8.78 Å². The van der Waals surface area contributed by atoms with E-state index >= 15 is 0 Å². The largest absolute Gasteiger partial charge is 0.508 e. The summed E-state index contributed by atoms with van der Waals surface area (Å²) in [4.78, 5) is 2.08. The monoisotopic (exact) mass is 275 g/mol. The molecule has 4 heteroatoms. The first kappa shape index (κ1) is 13.1. The van der Waals surface area contributed by atoms with Gasteiger partial charge in [-0.25, -0.2) is 8.78 Å². The van der Waals surface area contributed by atoms with Gasteiger partial charge in [-0.15, -0.1) is 0 Å². The molecule has 0 unspecified atom stereocenters. The summed E-state index contributed by atoms with van der Waals surface area (Å²) in [5, 5.41) is 9.88. The molecule has 0 fully saturated rings. The second-order valence-electron chi connectivity index (χ2n) is 5.15. The smallest absolute Gasteiger partial charge is 0.126 e. The summed E-state index contributed by atoms with van der Waals surface area (Å²) in [6, 6.07) is 9.10. The molecular weight excluding hydrogens is 260 g/mol. The maximum absolute atomic E-state index is 13.2. The number of fused-ring (bicyclic) bond motifs is 1. The standard InChI is InChI=1S/C16H15F2NO/c17-13-6-11(7-14(18)8-13)9-19-5-4-12-2-1-3-16(20)15(12)10-19/h1-3,6-8,20H,4-5,9-10H2. The summed E-state index contributed by atoms with van der Waals surface area (Å²) in [5.41, 5.74) is 2.67. The molecule has 0 atom stereocenters. The highest BCUT2D eigenvalue weighted by Gasteiger charge is 2.19. The van der Waals surface area contributed by atoms with E-state index in [9.17, 15) is 13.9 Å². The highest BCUT2D eigenvalue weighted by molar-refractivity contribution is 5.40. The molecule has 20 heavy (non-hydrogen) atoms. The number of nitrogens with zero attached hydrogens (tertiary/aromatic N) is 1. The molecule has 0 bridgehead atoms. The van der Waals surface area contributed by atoms with Gasteiger partial charge in [-0.3, -0.25) is 4.90 Å². The molecule has 1 heterocycles. The van der Waals surface area contributed by atoms with Crippen LogP contribution in [0.25, 0.3) is 0 Å². The third-order valence-electron chi connectivity index (χ3n) is 3.66. The lowest BCUT2D eigenvalue weighted by molar-refractivity contribution is 0.240. The normalized spacial score (nSPS) is 15.1. The van der Waals surface area contributed by atoms with Crippen LogP contribution in [-0.4, -0.2) is 16.6 Å². The summed E-state index contributed by atoms with van der Waals surface area (Å²) in [6.07, 6.45) is 0.835. The van der Waals surface area contributed by atoms with Crippen molar-refractivity contribution in [3.63, 3.8) is 0 Å². The van der Waals surface area contributed by atoms with Gasteiger partial charge in [0.25, 0.3) is 0 Å². The van der Waals surface area contributed by atoms with Crippen LogP contribution >= 0.6 is 0 Å². The van der Waals surface area contributed by atoms with Gasteiger partial charge in [-0.2, -0.15) is 0 Å². The van der Waals surface area contributed by atoms with Crippen LogP contribution in [0.15, 0.2) is 36.4 Å². The van der Waals surface area contributed by atoms with E-state index in [0.717, 1.165) is 30.2 Å². The van der Waals surface area contributed by atoms with Crippen LogP contribution in [0.5, 0.6) is 5.75 Å². The summed E-state index contributed by atoms with van der Waals surface area (Å²) < 4.78 is 26.4. The Labute approximate surface area is 116 Å². The number of phenolic OH excluding ortho intramolecular Hbond substituents is 1. The average molecular weight is 275 g/mol. The fourth-order valence-corrected chi connectivity index (χ4v) is 2.71. The van der Waals surface area contributed by atoms with E-state index in [-0.39, 0.29) is 5.75 Å². The van der Waals surface area contributed by atoms with E-state index in [2.05, 4.69) is 4.90 Å². The number of rotatable bonds is 2. The minimum absolute atomic E-state index is 0.289. The topological polar surface area (TPSA) is 23.5 Å². The molecule has 1 N–H and O–H groups in total. The lowest BCUT2D eigenvalue weighted by atomic mass is 9.98. The van der Waals surface area contributed by atoms with Gasteiger partial charge in [0.15, 0.2) is 0 Å². The predicted molar refractivity (Wildman–Crippen MR) is 72.3 cm³/mol. The molecular formula is C16H15F2NO. The van der Waals surface area contributed by atoms with Gasteiger partial charge in [0.05, 0.1) is 0 Å². The minimum atomic E-state index is -0.555. The fraction of sp³-hybridized carbons (Fsp3) is 0.250. The van der Waals surface area contributed by atoms with Gasteiger partial charge in [0.1, 0.15) is 17.4 Å². The first-order chi connectivity index (χ1) is 9.61. The molecule has 1 aliphatic heterocycles. The van der Waals surface area contributed by atoms with Crippen LogP contribution < -0.4 is 0 Å². The predicted octanol–water partition coefficient (Wildman–Crippen LogP) is 3.23. The first-order valence-electron chi connectivity index (χ1n) is 6.59. The van der Waals surface area contributed by atoms with E-state index in [1.807, 2.05) is 12.1 Å². The average Bonchev–Trinajstić information content (AvgIpc) is 2.38. The van der Waals surface area contributed by atoms with E-state index in [0.29, 0.717) is 18.7 Å². The zero-order chi connectivity index (χ0) is 14.1. The molecule has 0 saturated carbocycles. The molecule has 0 aromatic heterocycles. The lowest BCUT2D eigenvalue weighted by Gasteiger charge is -2.29. The van der Waals surface area contributed by atoms with E-state index in [1.165, 1.54) is 12.1 Å². The fourth-order valence-electron chi connectivity index (χ4n) is 2.71. The van der Waals surface area contributed by atoms with Crippen molar-refractivity contribution in [1.29, 1.82) is 0 Å². The summed E-state index contributed by atoms with van der Waals surface area (Å²) in [5.74, 6) is -0.821. The molecule has 1 aliphatic rings. The molecule has 2 aromatic rings. The van der Waals surface area contributed by atoms with E-state index in [4.69, 9.17) is 0 Å². The first-order valence-corrected chi connectivity index (χ1v) is 6.59. The van der Waals surface area contributed by atoms with Crippen molar-refractivity contribution in [3.8, 4) is 5.75 Å². The lowest BCUT2D eigenvalue weighted by Crippen LogP contribution is -2.30. The Morgan fingerprint density at radius 3 is 2.60 bits per heavy atom. The summed E-state index contributed by atoms with van der Waals surface area (Å²) >= 11 is 0. The Balaban J connectivity index is 1.79.